The van der Waals surface area contributed by atoms with E-state index in [0.717, 1.165) is 23.4 Å². The third-order valence-corrected chi connectivity index (χ3v) is 3.39. The summed E-state index contributed by atoms with van der Waals surface area (Å²) in [5, 5.41) is 0. The summed E-state index contributed by atoms with van der Waals surface area (Å²) in [6, 6.07) is 9.70. The Bertz CT molecular complexity index is 581. The standard InChI is InChI=1S/C16H17NO3/c1-3-12-8-7-11(9-17-12)15-10-19-14-6-4-5-13(18-2)16(14)20-15/h4-9,15H,3,10H2,1-2H3. The molecule has 0 bridgehead atoms. The van der Waals surface area contributed by atoms with Crippen molar-refractivity contribution in [2.75, 3.05) is 13.7 Å². The van der Waals surface area contributed by atoms with Gasteiger partial charge in [-0.15, -0.1) is 0 Å². The Kier molecular flexibility index (Phi) is 3.46. The number of rotatable bonds is 3. The summed E-state index contributed by atoms with van der Waals surface area (Å²) in [6.45, 7) is 2.57. The third kappa shape index (κ3) is 2.29. The Balaban J connectivity index is 1.87. The van der Waals surface area contributed by atoms with Crippen molar-refractivity contribution in [2.24, 2.45) is 0 Å². The van der Waals surface area contributed by atoms with Gasteiger partial charge in [0.05, 0.1) is 7.11 Å². The van der Waals surface area contributed by atoms with Crippen molar-refractivity contribution in [1.82, 2.24) is 4.98 Å². The zero-order chi connectivity index (χ0) is 13.9. The van der Waals surface area contributed by atoms with E-state index in [4.69, 9.17) is 14.2 Å². The summed E-state index contributed by atoms with van der Waals surface area (Å²) in [6.07, 6.45) is 2.63. The Morgan fingerprint density at radius 3 is 2.90 bits per heavy atom. The highest BCUT2D eigenvalue weighted by Crippen LogP contribution is 2.42. The number of hydrogen-bond acceptors (Lipinski definition) is 4. The van der Waals surface area contributed by atoms with Crippen LogP contribution in [-0.2, 0) is 6.42 Å². The van der Waals surface area contributed by atoms with Crippen LogP contribution in [0.25, 0.3) is 0 Å². The van der Waals surface area contributed by atoms with Crippen LogP contribution in [0.2, 0.25) is 0 Å². The molecule has 1 aromatic heterocycles. The number of aromatic nitrogens is 1. The summed E-state index contributed by atoms with van der Waals surface area (Å²) in [7, 11) is 1.63. The van der Waals surface area contributed by atoms with E-state index in [-0.39, 0.29) is 6.10 Å². The van der Waals surface area contributed by atoms with Crippen molar-refractivity contribution in [3.8, 4) is 17.2 Å². The molecule has 1 unspecified atom stereocenters. The van der Waals surface area contributed by atoms with Crippen LogP contribution in [0.1, 0.15) is 24.3 Å². The van der Waals surface area contributed by atoms with E-state index in [1.54, 1.807) is 7.11 Å². The molecule has 2 heterocycles. The minimum Gasteiger partial charge on any atom is -0.493 e. The maximum Gasteiger partial charge on any atom is 0.204 e. The van der Waals surface area contributed by atoms with Crippen LogP contribution in [0, 0.1) is 0 Å². The first-order valence-corrected chi connectivity index (χ1v) is 6.73. The fourth-order valence-electron chi connectivity index (χ4n) is 2.23. The lowest BCUT2D eigenvalue weighted by molar-refractivity contribution is 0.0869. The topological polar surface area (TPSA) is 40.6 Å². The maximum atomic E-state index is 6.02. The third-order valence-electron chi connectivity index (χ3n) is 3.39. The molecule has 3 rings (SSSR count). The Labute approximate surface area is 118 Å². The van der Waals surface area contributed by atoms with Crippen molar-refractivity contribution in [3.05, 3.63) is 47.8 Å². The number of nitrogens with zero attached hydrogens (tertiary/aromatic N) is 1. The van der Waals surface area contributed by atoms with Gasteiger partial charge >= 0.3 is 0 Å². The maximum absolute atomic E-state index is 6.02. The highest BCUT2D eigenvalue weighted by atomic mass is 16.6. The SMILES string of the molecule is CCc1ccc(C2COc3cccc(OC)c3O2)cn1. The van der Waals surface area contributed by atoms with Gasteiger partial charge in [0, 0.05) is 17.5 Å². The van der Waals surface area contributed by atoms with Crippen LogP contribution in [0.15, 0.2) is 36.5 Å². The van der Waals surface area contributed by atoms with E-state index in [9.17, 15) is 0 Å². The number of benzene rings is 1. The molecule has 1 aliphatic heterocycles. The lowest BCUT2D eigenvalue weighted by Crippen LogP contribution is -2.22. The summed E-state index contributed by atoms with van der Waals surface area (Å²) in [5.41, 5.74) is 2.09. The smallest absolute Gasteiger partial charge is 0.204 e. The van der Waals surface area contributed by atoms with Crippen LogP contribution in [0.5, 0.6) is 17.2 Å². The molecule has 20 heavy (non-hydrogen) atoms. The number of aryl methyl sites for hydroxylation is 1. The zero-order valence-electron chi connectivity index (χ0n) is 11.6. The largest absolute Gasteiger partial charge is 0.493 e. The second-order valence-electron chi connectivity index (χ2n) is 4.64. The second kappa shape index (κ2) is 5.41. The molecule has 0 radical (unpaired) electrons. The lowest BCUT2D eigenvalue weighted by atomic mass is 10.1. The van der Waals surface area contributed by atoms with Crippen LogP contribution >= 0.6 is 0 Å². The van der Waals surface area contributed by atoms with E-state index in [0.29, 0.717) is 18.1 Å². The average Bonchev–Trinajstić information content (AvgIpc) is 2.54. The molecule has 0 saturated heterocycles. The molecule has 1 atom stereocenters. The van der Waals surface area contributed by atoms with Crippen LogP contribution in [-0.4, -0.2) is 18.7 Å². The van der Waals surface area contributed by atoms with Crippen molar-refractivity contribution in [2.45, 2.75) is 19.4 Å². The van der Waals surface area contributed by atoms with E-state index in [1.807, 2.05) is 36.5 Å². The number of fused-ring (bicyclic) bond motifs is 1. The van der Waals surface area contributed by atoms with Crippen LogP contribution < -0.4 is 14.2 Å². The first-order chi connectivity index (χ1) is 9.81. The predicted molar refractivity (Wildman–Crippen MR) is 75.5 cm³/mol. The molecule has 0 fully saturated rings. The first kappa shape index (κ1) is 12.8. The molecule has 0 spiro atoms. The minimum atomic E-state index is -0.155. The minimum absolute atomic E-state index is 0.155. The number of pyridine rings is 1. The lowest BCUT2D eigenvalue weighted by Gasteiger charge is -2.27. The molecule has 2 aromatic rings. The van der Waals surface area contributed by atoms with Gasteiger partial charge in [0.15, 0.2) is 17.6 Å². The van der Waals surface area contributed by atoms with E-state index >= 15 is 0 Å². The molecule has 1 aromatic carbocycles. The van der Waals surface area contributed by atoms with E-state index in [2.05, 4.69) is 11.9 Å². The van der Waals surface area contributed by atoms with E-state index in [1.165, 1.54) is 0 Å². The summed E-state index contributed by atoms with van der Waals surface area (Å²) in [5.74, 6) is 2.06. The molecule has 1 aliphatic rings. The van der Waals surface area contributed by atoms with Gasteiger partial charge in [-0.05, 0) is 24.6 Å². The first-order valence-electron chi connectivity index (χ1n) is 6.73. The zero-order valence-corrected chi connectivity index (χ0v) is 11.6. The van der Waals surface area contributed by atoms with Crippen molar-refractivity contribution < 1.29 is 14.2 Å². The van der Waals surface area contributed by atoms with Gasteiger partial charge in [-0.1, -0.05) is 19.1 Å². The Morgan fingerprint density at radius 1 is 1.30 bits per heavy atom. The quantitative estimate of drug-likeness (QED) is 0.859. The van der Waals surface area contributed by atoms with Gasteiger partial charge in [-0.25, -0.2) is 0 Å². The van der Waals surface area contributed by atoms with Crippen LogP contribution in [0.3, 0.4) is 0 Å². The predicted octanol–water partition coefficient (Wildman–Crippen LogP) is 3.17. The number of ether oxygens (including phenoxy) is 3. The fraction of sp³-hybridized carbons (Fsp3) is 0.312. The molecule has 0 amide bonds. The summed E-state index contributed by atoms with van der Waals surface area (Å²) < 4.78 is 17.1. The highest BCUT2D eigenvalue weighted by molar-refractivity contribution is 5.52. The van der Waals surface area contributed by atoms with Crippen molar-refractivity contribution in [1.29, 1.82) is 0 Å². The fourth-order valence-corrected chi connectivity index (χ4v) is 2.23. The second-order valence-corrected chi connectivity index (χ2v) is 4.64. The van der Waals surface area contributed by atoms with Gasteiger partial charge in [-0.2, -0.15) is 0 Å². The van der Waals surface area contributed by atoms with Gasteiger partial charge in [0.2, 0.25) is 5.75 Å². The summed E-state index contributed by atoms with van der Waals surface area (Å²) in [4.78, 5) is 4.40. The summed E-state index contributed by atoms with van der Waals surface area (Å²) >= 11 is 0. The molecule has 4 heteroatoms. The highest BCUT2D eigenvalue weighted by Gasteiger charge is 2.25. The van der Waals surface area contributed by atoms with Gasteiger partial charge in [0.1, 0.15) is 6.61 Å². The van der Waals surface area contributed by atoms with Crippen molar-refractivity contribution >= 4 is 0 Å². The van der Waals surface area contributed by atoms with Gasteiger partial charge in [0.25, 0.3) is 0 Å². The normalized spacial score (nSPS) is 16.8. The Morgan fingerprint density at radius 2 is 2.20 bits per heavy atom. The molecular weight excluding hydrogens is 254 g/mol. The average molecular weight is 271 g/mol. The number of methoxy groups -OCH3 is 1. The van der Waals surface area contributed by atoms with Crippen LogP contribution in [0.4, 0.5) is 0 Å². The number of para-hydroxylation sites is 1. The van der Waals surface area contributed by atoms with E-state index < -0.39 is 0 Å². The molecule has 104 valence electrons. The molecule has 4 nitrogen and oxygen atoms in total. The van der Waals surface area contributed by atoms with Crippen molar-refractivity contribution in [3.63, 3.8) is 0 Å². The number of hydrogen-bond donors (Lipinski definition) is 0. The van der Waals surface area contributed by atoms with Gasteiger partial charge in [-0.3, -0.25) is 4.98 Å². The monoisotopic (exact) mass is 271 g/mol. The van der Waals surface area contributed by atoms with Gasteiger partial charge < -0.3 is 14.2 Å². The molecule has 0 aliphatic carbocycles. The Hall–Kier alpha value is -2.23. The molecule has 0 N–H and O–H groups in total. The molecular formula is C16H17NO3. The molecule has 0 saturated carbocycles.